The number of halogens is 1. The molecule has 1 saturated heterocycles. The van der Waals surface area contributed by atoms with Crippen molar-refractivity contribution < 1.29 is 9.13 Å². The molecule has 0 spiro atoms. The average molecular weight is 520 g/mol. The molecule has 0 radical (unpaired) electrons. The van der Waals surface area contributed by atoms with Crippen LogP contribution in [-0.4, -0.2) is 61.3 Å². The number of H-pyrrole nitrogens is 2. The zero-order chi connectivity index (χ0) is 26.2. The molecule has 0 bridgehead atoms. The van der Waals surface area contributed by atoms with Gasteiger partial charge in [0.05, 0.1) is 23.6 Å². The topological polar surface area (TPSA) is 95.6 Å². The van der Waals surface area contributed by atoms with Gasteiger partial charge in [0.15, 0.2) is 5.65 Å². The summed E-state index contributed by atoms with van der Waals surface area (Å²) in [7, 11) is 0. The summed E-state index contributed by atoms with van der Waals surface area (Å²) in [5, 5.41) is 9.42. The highest BCUT2D eigenvalue weighted by Crippen LogP contribution is 2.34. The fourth-order valence-electron chi connectivity index (χ4n) is 5.29. The van der Waals surface area contributed by atoms with E-state index in [-0.39, 0.29) is 5.82 Å². The van der Waals surface area contributed by atoms with E-state index >= 15 is 0 Å². The summed E-state index contributed by atoms with van der Waals surface area (Å²) in [5.41, 5.74) is 6.54. The smallest absolute Gasteiger partial charge is 0.155 e. The number of rotatable bonds is 7. The van der Waals surface area contributed by atoms with Crippen LogP contribution < -0.4 is 4.74 Å². The first-order valence-electron chi connectivity index (χ1n) is 13.1. The third-order valence-electron chi connectivity index (χ3n) is 7.27. The number of likely N-dealkylation sites (tertiary alicyclic amines) is 1. The lowest BCUT2D eigenvalue weighted by molar-refractivity contribution is 0.237. The van der Waals surface area contributed by atoms with Crippen molar-refractivity contribution in [2.75, 3.05) is 26.2 Å². The molecular formula is C30H26FN7O. The SMILES string of the molecule is Fc1cccc(-c2cncc3[nH]c(-c4n[nH]c5ncc(-c6cncc(OCCN7CCCC7)c6)cc45)cc23)c1. The van der Waals surface area contributed by atoms with Gasteiger partial charge in [0.1, 0.15) is 23.9 Å². The number of ether oxygens (including phenoxy) is 1. The molecule has 1 aliphatic rings. The van der Waals surface area contributed by atoms with Crippen LogP contribution in [0.15, 0.2) is 73.4 Å². The van der Waals surface area contributed by atoms with Crippen molar-refractivity contribution in [1.82, 2.24) is 35.0 Å². The Morgan fingerprint density at radius 2 is 1.74 bits per heavy atom. The number of benzene rings is 1. The maximum atomic E-state index is 13.9. The van der Waals surface area contributed by atoms with Gasteiger partial charge in [-0.3, -0.25) is 20.0 Å². The van der Waals surface area contributed by atoms with Crippen molar-refractivity contribution in [2.24, 2.45) is 0 Å². The number of aromatic amines is 2. The molecule has 0 saturated carbocycles. The van der Waals surface area contributed by atoms with Gasteiger partial charge in [-0.2, -0.15) is 5.10 Å². The van der Waals surface area contributed by atoms with E-state index in [1.54, 1.807) is 24.7 Å². The van der Waals surface area contributed by atoms with Crippen LogP contribution in [0, 0.1) is 5.82 Å². The fraction of sp³-hybridized carbons (Fsp3) is 0.200. The standard InChI is InChI=1S/C30H26FN7O/c31-22-5-3-4-19(10-22)26-17-33-18-28-24(26)13-27(35-28)29-25-12-21(15-34-30(25)37-36-29)20-11-23(16-32-14-20)39-9-8-38-6-1-2-7-38/h3-5,10-18,35H,1-2,6-9H2,(H,34,36,37). The molecule has 0 atom stereocenters. The summed E-state index contributed by atoms with van der Waals surface area (Å²) in [4.78, 5) is 19.2. The van der Waals surface area contributed by atoms with E-state index in [2.05, 4.69) is 41.1 Å². The van der Waals surface area contributed by atoms with Gasteiger partial charge in [0, 0.05) is 52.6 Å². The van der Waals surface area contributed by atoms with Gasteiger partial charge in [-0.15, -0.1) is 0 Å². The second kappa shape index (κ2) is 9.92. The van der Waals surface area contributed by atoms with Crippen LogP contribution in [0.25, 0.3) is 55.6 Å². The van der Waals surface area contributed by atoms with Crippen molar-refractivity contribution in [2.45, 2.75) is 12.8 Å². The molecule has 2 N–H and O–H groups in total. The van der Waals surface area contributed by atoms with Crippen molar-refractivity contribution in [1.29, 1.82) is 0 Å². The van der Waals surface area contributed by atoms with E-state index in [0.29, 0.717) is 12.3 Å². The minimum Gasteiger partial charge on any atom is -0.491 e. The van der Waals surface area contributed by atoms with Gasteiger partial charge < -0.3 is 9.72 Å². The van der Waals surface area contributed by atoms with E-state index in [1.165, 1.54) is 25.0 Å². The minimum atomic E-state index is -0.285. The molecule has 9 heteroatoms. The second-order valence-electron chi connectivity index (χ2n) is 9.84. The molecule has 6 aromatic rings. The summed E-state index contributed by atoms with van der Waals surface area (Å²) < 4.78 is 19.9. The molecule has 0 amide bonds. The summed E-state index contributed by atoms with van der Waals surface area (Å²) in [6, 6.07) is 12.6. The predicted octanol–water partition coefficient (Wildman–Crippen LogP) is 5.84. The van der Waals surface area contributed by atoms with Crippen molar-refractivity contribution in [3.8, 4) is 39.4 Å². The van der Waals surface area contributed by atoms with Crippen LogP contribution in [0.5, 0.6) is 5.75 Å². The Kier molecular flexibility index (Phi) is 5.97. The molecule has 5 aromatic heterocycles. The Morgan fingerprint density at radius 1 is 0.872 bits per heavy atom. The van der Waals surface area contributed by atoms with Gasteiger partial charge >= 0.3 is 0 Å². The van der Waals surface area contributed by atoms with Crippen molar-refractivity contribution >= 4 is 21.9 Å². The fourth-order valence-corrected chi connectivity index (χ4v) is 5.29. The summed E-state index contributed by atoms with van der Waals surface area (Å²) in [6.45, 7) is 3.87. The third-order valence-corrected chi connectivity index (χ3v) is 7.27. The average Bonchev–Trinajstić information content (AvgIpc) is 3.72. The van der Waals surface area contributed by atoms with Crippen LogP contribution >= 0.6 is 0 Å². The molecule has 0 aliphatic carbocycles. The largest absolute Gasteiger partial charge is 0.491 e. The Labute approximate surface area is 223 Å². The lowest BCUT2D eigenvalue weighted by atomic mass is 10.0. The number of nitrogens with zero attached hydrogens (tertiary/aromatic N) is 5. The highest BCUT2D eigenvalue weighted by atomic mass is 19.1. The van der Waals surface area contributed by atoms with Crippen LogP contribution in [0.3, 0.4) is 0 Å². The Balaban J connectivity index is 1.20. The molecule has 1 aromatic carbocycles. The van der Waals surface area contributed by atoms with Crippen LogP contribution in [0.4, 0.5) is 4.39 Å². The number of aromatic nitrogens is 6. The molecule has 39 heavy (non-hydrogen) atoms. The normalized spacial score (nSPS) is 14.0. The maximum absolute atomic E-state index is 13.9. The first-order chi connectivity index (χ1) is 19.2. The monoisotopic (exact) mass is 519 g/mol. The lowest BCUT2D eigenvalue weighted by Crippen LogP contribution is -2.25. The summed E-state index contributed by atoms with van der Waals surface area (Å²) in [6.07, 6.45) is 11.4. The lowest BCUT2D eigenvalue weighted by Gasteiger charge is -2.15. The third kappa shape index (κ3) is 4.61. The summed E-state index contributed by atoms with van der Waals surface area (Å²) >= 11 is 0. The van der Waals surface area contributed by atoms with Crippen molar-refractivity contribution in [3.63, 3.8) is 0 Å². The number of hydrogen-bond acceptors (Lipinski definition) is 6. The number of fused-ring (bicyclic) bond motifs is 2. The van der Waals surface area contributed by atoms with Crippen LogP contribution in [0.2, 0.25) is 0 Å². The number of hydrogen-bond donors (Lipinski definition) is 2. The number of nitrogens with one attached hydrogen (secondary N) is 2. The molecule has 1 fully saturated rings. The van der Waals surface area contributed by atoms with E-state index in [1.807, 2.05) is 30.6 Å². The maximum Gasteiger partial charge on any atom is 0.155 e. The van der Waals surface area contributed by atoms with Crippen molar-refractivity contribution in [3.05, 3.63) is 79.3 Å². The molecule has 6 heterocycles. The Morgan fingerprint density at radius 3 is 2.64 bits per heavy atom. The molecule has 8 nitrogen and oxygen atoms in total. The predicted molar refractivity (Wildman–Crippen MR) is 149 cm³/mol. The van der Waals surface area contributed by atoms with Gasteiger partial charge in [-0.1, -0.05) is 12.1 Å². The molecule has 7 rings (SSSR count). The molecule has 1 aliphatic heterocycles. The van der Waals surface area contributed by atoms with E-state index in [9.17, 15) is 4.39 Å². The van der Waals surface area contributed by atoms with Crippen LogP contribution in [-0.2, 0) is 0 Å². The Hall–Kier alpha value is -4.63. The molecule has 0 unspecified atom stereocenters. The van der Waals surface area contributed by atoms with Gasteiger partial charge in [-0.05, 0) is 61.8 Å². The zero-order valence-corrected chi connectivity index (χ0v) is 21.2. The van der Waals surface area contributed by atoms with Crippen LogP contribution in [0.1, 0.15) is 12.8 Å². The second-order valence-corrected chi connectivity index (χ2v) is 9.84. The minimum absolute atomic E-state index is 0.285. The van der Waals surface area contributed by atoms with Gasteiger partial charge in [0.2, 0.25) is 0 Å². The molecule has 194 valence electrons. The van der Waals surface area contributed by atoms with E-state index in [0.717, 1.165) is 75.3 Å². The van der Waals surface area contributed by atoms with Gasteiger partial charge in [0.25, 0.3) is 0 Å². The summed E-state index contributed by atoms with van der Waals surface area (Å²) in [5.74, 6) is 0.458. The highest BCUT2D eigenvalue weighted by Gasteiger charge is 2.16. The first kappa shape index (κ1) is 23.5. The first-order valence-corrected chi connectivity index (χ1v) is 13.1. The quantitative estimate of drug-likeness (QED) is 0.275. The Bertz CT molecular complexity index is 1790. The molecular weight excluding hydrogens is 493 g/mol. The van der Waals surface area contributed by atoms with E-state index in [4.69, 9.17) is 4.74 Å². The highest BCUT2D eigenvalue weighted by molar-refractivity contribution is 6.00. The number of pyridine rings is 3. The zero-order valence-electron chi connectivity index (χ0n) is 21.2. The van der Waals surface area contributed by atoms with E-state index < -0.39 is 0 Å². The van der Waals surface area contributed by atoms with Gasteiger partial charge in [-0.25, -0.2) is 9.37 Å².